The Morgan fingerprint density at radius 1 is 1.35 bits per heavy atom. The Morgan fingerprint density at radius 2 is 2.00 bits per heavy atom. The largest absolute Gasteiger partial charge is 0.483 e. The van der Waals surface area contributed by atoms with Crippen LogP contribution in [0, 0.1) is 6.92 Å². The molecule has 1 aromatic rings. The van der Waals surface area contributed by atoms with Crippen molar-refractivity contribution in [2.45, 2.75) is 50.7 Å². The number of likely N-dealkylation sites (N-methyl/N-ethyl adjacent to an activating group) is 1. The fraction of sp³-hybridized carbons (Fsp3) is 0.588. The zero-order chi connectivity index (χ0) is 15.7. The Hall–Kier alpha value is -0.970. The van der Waals surface area contributed by atoms with E-state index in [4.69, 9.17) is 16.3 Å². The maximum atomic E-state index is 12.4. The van der Waals surface area contributed by atoms with Crippen LogP contribution in [0.4, 0.5) is 0 Å². The molecule has 2 saturated heterocycles. The van der Waals surface area contributed by atoms with Crippen molar-refractivity contribution in [2.24, 2.45) is 0 Å². The molecule has 6 heteroatoms. The summed E-state index contributed by atoms with van der Waals surface area (Å²) in [5.41, 5.74) is 0.875. The third-order valence-electron chi connectivity index (χ3n) is 4.96. The van der Waals surface area contributed by atoms with Gasteiger partial charge in [0.2, 0.25) is 0 Å². The molecule has 23 heavy (non-hydrogen) atoms. The van der Waals surface area contributed by atoms with Crippen LogP contribution in [0.15, 0.2) is 18.2 Å². The van der Waals surface area contributed by atoms with Crippen LogP contribution in [0.25, 0.3) is 0 Å². The van der Waals surface area contributed by atoms with Crippen molar-refractivity contribution in [2.75, 3.05) is 13.7 Å². The Balaban J connectivity index is 0.00000192. The highest BCUT2D eigenvalue weighted by Gasteiger charge is 2.36. The summed E-state index contributed by atoms with van der Waals surface area (Å²) in [6.07, 6.45) is 4.58. The number of carbonyl (C=O) groups is 1. The van der Waals surface area contributed by atoms with E-state index < -0.39 is 0 Å². The van der Waals surface area contributed by atoms with Crippen LogP contribution in [0.3, 0.4) is 0 Å². The molecule has 2 aliphatic heterocycles. The first-order valence-electron chi connectivity index (χ1n) is 7.94. The van der Waals surface area contributed by atoms with Gasteiger partial charge in [0, 0.05) is 35.8 Å². The fourth-order valence-corrected chi connectivity index (χ4v) is 3.70. The van der Waals surface area contributed by atoms with E-state index in [1.165, 1.54) is 12.8 Å². The van der Waals surface area contributed by atoms with Crippen molar-refractivity contribution in [3.63, 3.8) is 0 Å². The summed E-state index contributed by atoms with van der Waals surface area (Å²) in [6.45, 7) is 1.97. The second kappa shape index (κ2) is 7.73. The number of benzene rings is 1. The number of piperidine rings is 1. The van der Waals surface area contributed by atoms with Crippen LogP contribution in [0.1, 0.15) is 31.2 Å². The summed E-state index contributed by atoms with van der Waals surface area (Å²) in [5.74, 6) is 0.713. The summed E-state index contributed by atoms with van der Waals surface area (Å²) in [4.78, 5) is 14.3. The van der Waals surface area contributed by atoms with Gasteiger partial charge in [-0.3, -0.25) is 4.79 Å². The predicted molar refractivity (Wildman–Crippen MR) is 94.7 cm³/mol. The van der Waals surface area contributed by atoms with Gasteiger partial charge in [-0.05, 0) is 44.7 Å². The number of halogens is 2. The number of hydrogen-bond donors (Lipinski definition) is 1. The number of fused-ring (bicyclic) bond motifs is 2. The van der Waals surface area contributed by atoms with Gasteiger partial charge < -0.3 is 15.0 Å². The maximum absolute atomic E-state index is 12.4. The third-order valence-corrected chi connectivity index (χ3v) is 5.37. The number of rotatable bonds is 4. The number of hydrogen-bond acceptors (Lipinski definition) is 3. The van der Waals surface area contributed by atoms with Crippen molar-refractivity contribution in [3.8, 4) is 5.75 Å². The van der Waals surface area contributed by atoms with E-state index in [9.17, 15) is 4.79 Å². The van der Waals surface area contributed by atoms with E-state index in [0.29, 0.717) is 28.9 Å². The molecule has 2 atom stereocenters. The topological polar surface area (TPSA) is 41.6 Å². The minimum absolute atomic E-state index is 0. The predicted octanol–water partition coefficient (Wildman–Crippen LogP) is 3.19. The number of ether oxygens (including phenoxy) is 1. The lowest BCUT2D eigenvalue weighted by atomic mass is 9.98. The Kier molecular flexibility index (Phi) is 6.18. The Bertz CT molecular complexity index is 556. The van der Waals surface area contributed by atoms with Gasteiger partial charge in [0.25, 0.3) is 5.91 Å². The molecular weight excluding hydrogens is 335 g/mol. The third kappa shape index (κ3) is 4.11. The standard InChI is InChI=1S/C17H23ClN2O2.ClH/c1-11-15(18)4-3-5-16(11)22-10-17(21)20(2)14-8-12-6-7-13(9-14)19-12;/h3-5,12-14,19H,6-10H2,1-2H3;1H. The molecule has 1 N–H and O–H groups in total. The van der Waals surface area contributed by atoms with Gasteiger partial charge in [-0.15, -0.1) is 12.4 Å². The minimum Gasteiger partial charge on any atom is -0.483 e. The lowest BCUT2D eigenvalue weighted by Gasteiger charge is -2.35. The van der Waals surface area contributed by atoms with Gasteiger partial charge in [0.1, 0.15) is 5.75 Å². The Labute approximate surface area is 148 Å². The molecule has 1 amide bonds. The van der Waals surface area contributed by atoms with Crippen LogP contribution >= 0.6 is 24.0 Å². The first kappa shape index (κ1) is 18.4. The van der Waals surface area contributed by atoms with Crippen LogP contribution in [0.2, 0.25) is 5.02 Å². The molecule has 0 aliphatic carbocycles. The summed E-state index contributed by atoms with van der Waals surface area (Å²) >= 11 is 6.07. The first-order valence-corrected chi connectivity index (χ1v) is 8.32. The van der Waals surface area contributed by atoms with Crippen molar-refractivity contribution < 1.29 is 9.53 Å². The van der Waals surface area contributed by atoms with Crippen LogP contribution < -0.4 is 10.1 Å². The second-order valence-electron chi connectivity index (χ2n) is 6.42. The van der Waals surface area contributed by atoms with Gasteiger partial charge in [-0.25, -0.2) is 0 Å². The normalized spacial score (nSPS) is 25.6. The quantitative estimate of drug-likeness (QED) is 0.898. The number of amides is 1. The zero-order valence-corrected chi connectivity index (χ0v) is 15.1. The van der Waals surface area contributed by atoms with Crippen molar-refractivity contribution >= 4 is 29.9 Å². The van der Waals surface area contributed by atoms with E-state index in [2.05, 4.69) is 5.32 Å². The molecule has 4 nitrogen and oxygen atoms in total. The summed E-state index contributed by atoms with van der Waals surface area (Å²) in [7, 11) is 1.89. The highest BCUT2D eigenvalue weighted by atomic mass is 35.5. The average molecular weight is 359 g/mol. The fourth-order valence-electron chi connectivity index (χ4n) is 3.53. The zero-order valence-electron chi connectivity index (χ0n) is 13.5. The number of nitrogens with zero attached hydrogens (tertiary/aromatic N) is 1. The van der Waals surface area contributed by atoms with Crippen molar-refractivity contribution in [3.05, 3.63) is 28.8 Å². The molecule has 2 aliphatic rings. The molecule has 2 fully saturated rings. The molecule has 2 bridgehead atoms. The van der Waals surface area contributed by atoms with Gasteiger partial charge in [-0.1, -0.05) is 17.7 Å². The van der Waals surface area contributed by atoms with E-state index in [-0.39, 0.29) is 24.9 Å². The first-order chi connectivity index (χ1) is 10.5. The smallest absolute Gasteiger partial charge is 0.260 e. The summed E-state index contributed by atoms with van der Waals surface area (Å²) < 4.78 is 5.67. The SMILES string of the molecule is Cc1c(Cl)cccc1OCC(=O)N(C)C1CC2CCC(C1)N2.Cl. The lowest BCUT2D eigenvalue weighted by molar-refractivity contribution is -0.134. The van der Waals surface area contributed by atoms with Gasteiger partial charge in [-0.2, -0.15) is 0 Å². The number of carbonyl (C=O) groups excluding carboxylic acids is 1. The highest BCUT2D eigenvalue weighted by Crippen LogP contribution is 2.29. The second-order valence-corrected chi connectivity index (χ2v) is 6.83. The summed E-state index contributed by atoms with van der Waals surface area (Å²) in [5, 5.41) is 4.26. The molecule has 0 saturated carbocycles. The van der Waals surface area contributed by atoms with Crippen molar-refractivity contribution in [1.29, 1.82) is 0 Å². The molecule has 2 heterocycles. The number of nitrogens with one attached hydrogen (secondary N) is 1. The minimum atomic E-state index is 0. The lowest BCUT2D eigenvalue weighted by Crippen LogP contribution is -2.49. The average Bonchev–Trinajstić information content (AvgIpc) is 2.86. The molecule has 3 rings (SSSR count). The maximum Gasteiger partial charge on any atom is 0.260 e. The Morgan fingerprint density at radius 3 is 2.65 bits per heavy atom. The van der Waals surface area contributed by atoms with Gasteiger partial charge in [0.05, 0.1) is 0 Å². The van der Waals surface area contributed by atoms with Crippen LogP contribution in [-0.4, -0.2) is 42.6 Å². The molecule has 0 aromatic heterocycles. The van der Waals surface area contributed by atoms with Crippen molar-refractivity contribution in [1.82, 2.24) is 10.2 Å². The van der Waals surface area contributed by atoms with E-state index in [1.54, 1.807) is 0 Å². The highest BCUT2D eigenvalue weighted by molar-refractivity contribution is 6.31. The van der Waals surface area contributed by atoms with Gasteiger partial charge >= 0.3 is 0 Å². The molecule has 1 aromatic carbocycles. The molecule has 2 unspecified atom stereocenters. The van der Waals surface area contributed by atoms with Crippen LogP contribution in [-0.2, 0) is 4.79 Å². The summed E-state index contributed by atoms with van der Waals surface area (Å²) in [6, 6.07) is 6.99. The van der Waals surface area contributed by atoms with E-state index in [0.717, 1.165) is 18.4 Å². The molecule has 128 valence electrons. The van der Waals surface area contributed by atoms with E-state index >= 15 is 0 Å². The molecule has 0 radical (unpaired) electrons. The monoisotopic (exact) mass is 358 g/mol. The molecular formula is C17H24Cl2N2O2. The van der Waals surface area contributed by atoms with Crippen LogP contribution in [0.5, 0.6) is 5.75 Å². The van der Waals surface area contributed by atoms with E-state index in [1.807, 2.05) is 37.1 Å². The van der Waals surface area contributed by atoms with Gasteiger partial charge in [0.15, 0.2) is 6.61 Å². The molecule has 0 spiro atoms.